The van der Waals surface area contributed by atoms with Crippen LogP contribution in [0.25, 0.3) is 0 Å². The molecule has 16 heavy (non-hydrogen) atoms. The summed E-state index contributed by atoms with van der Waals surface area (Å²) in [6.07, 6.45) is 1.95. The minimum atomic E-state index is -0.439. The molecule has 1 rings (SSSR count). The molecule has 0 aliphatic heterocycles. The van der Waals surface area contributed by atoms with E-state index < -0.39 is 5.60 Å². The van der Waals surface area contributed by atoms with Crippen molar-refractivity contribution in [1.29, 1.82) is 0 Å². The van der Waals surface area contributed by atoms with Gasteiger partial charge in [0.1, 0.15) is 5.60 Å². The Kier molecular flexibility index (Phi) is 4.42. The van der Waals surface area contributed by atoms with Crippen LogP contribution in [0.15, 0.2) is 10.9 Å². The molecule has 0 bridgehead atoms. The van der Waals surface area contributed by atoms with E-state index in [1.165, 1.54) is 6.33 Å². The third-order valence-corrected chi connectivity index (χ3v) is 1.61. The van der Waals surface area contributed by atoms with Crippen molar-refractivity contribution in [2.24, 2.45) is 0 Å². The minimum absolute atomic E-state index is 0.186. The van der Waals surface area contributed by atoms with E-state index in [2.05, 4.69) is 15.5 Å². The minimum Gasteiger partial charge on any atom is -0.459 e. The van der Waals surface area contributed by atoms with E-state index in [-0.39, 0.29) is 12.5 Å². The fourth-order valence-electron chi connectivity index (χ4n) is 1.07. The third kappa shape index (κ3) is 5.45. The fraction of sp³-hybridized carbons (Fsp3) is 0.700. The molecule has 0 unspecified atom stereocenters. The standard InChI is InChI=1S/C10H17N3O3/c1-10(2,3)15-9(14)6-11-5-4-8-12-7-13-16-8/h7,11H,4-6H2,1-3H3. The summed E-state index contributed by atoms with van der Waals surface area (Å²) < 4.78 is 9.93. The number of nitrogens with zero attached hydrogens (tertiary/aromatic N) is 2. The monoisotopic (exact) mass is 227 g/mol. The molecule has 0 spiro atoms. The second-order valence-electron chi connectivity index (χ2n) is 4.35. The van der Waals surface area contributed by atoms with Gasteiger partial charge < -0.3 is 14.6 Å². The van der Waals surface area contributed by atoms with Crippen LogP contribution in [0.3, 0.4) is 0 Å². The Hall–Kier alpha value is -1.43. The van der Waals surface area contributed by atoms with Gasteiger partial charge in [-0.3, -0.25) is 4.79 Å². The zero-order valence-electron chi connectivity index (χ0n) is 9.82. The van der Waals surface area contributed by atoms with Gasteiger partial charge in [0, 0.05) is 13.0 Å². The van der Waals surface area contributed by atoms with Gasteiger partial charge in [0.2, 0.25) is 5.89 Å². The molecular formula is C10H17N3O3. The van der Waals surface area contributed by atoms with Crippen molar-refractivity contribution >= 4 is 5.97 Å². The number of rotatable bonds is 5. The van der Waals surface area contributed by atoms with E-state index >= 15 is 0 Å². The van der Waals surface area contributed by atoms with E-state index in [9.17, 15) is 4.79 Å². The van der Waals surface area contributed by atoms with Gasteiger partial charge in [-0.05, 0) is 20.8 Å². The topological polar surface area (TPSA) is 77.2 Å². The predicted molar refractivity (Wildman–Crippen MR) is 56.7 cm³/mol. The molecule has 6 nitrogen and oxygen atoms in total. The quantitative estimate of drug-likeness (QED) is 0.584. The Morgan fingerprint density at radius 3 is 2.88 bits per heavy atom. The normalized spacial score (nSPS) is 11.4. The highest BCUT2D eigenvalue weighted by atomic mass is 16.6. The molecule has 0 saturated carbocycles. The lowest BCUT2D eigenvalue weighted by atomic mass is 10.2. The third-order valence-electron chi connectivity index (χ3n) is 1.61. The fourth-order valence-corrected chi connectivity index (χ4v) is 1.07. The molecule has 0 aliphatic carbocycles. The summed E-state index contributed by atoms with van der Waals surface area (Å²) in [5.41, 5.74) is -0.439. The van der Waals surface area contributed by atoms with E-state index in [1.807, 2.05) is 20.8 Å². The van der Waals surface area contributed by atoms with Crippen LogP contribution >= 0.6 is 0 Å². The molecular weight excluding hydrogens is 210 g/mol. The number of ether oxygens (including phenoxy) is 1. The Morgan fingerprint density at radius 2 is 2.31 bits per heavy atom. The number of hydrogen-bond acceptors (Lipinski definition) is 6. The molecule has 1 aromatic heterocycles. The first-order chi connectivity index (χ1) is 7.47. The maximum atomic E-state index is 11.3. The van der Waals surface area contributed by atoms with Gasteiger partial charge in [-0.1, -0.05) is 5.16 Å². The molecule has 0 atom stereocenters. The van der Waals surface area contributed by atoms with Crippen molar-refractivity contribution in [3.8, 4) is 0 Å². The lowest BCUT2D eigenvalue weighted by molar-refractivity contribution is -0.153. The number of nitrogens with one attached hydrogen (secondary N) is 1. The lowest BCUT2D eigenvalue weighted by Gasteiger charge is -2.19. The van der Waals surface area contributed by atoms with E-state index in [1.54, 1.807) is 0 Å². The summed E-state index contributed by atoms with van der Waals surface area (Å²) in [5, 5.41) is 6.42. The molecule has 0 saturated heterocycles. The number of aromatic nitrogens is 2. The second kappa shape index (κ2) is 5.60. The summed E-state index contributed by atoms with van der Waals surface area (Å²) in [5.74, 6) is 0.287. The molecule has 90 valence electrons. The Balaban J connectivity index is 2.09. The highest BCUT2D eigenvalue weighted by Crippen LogP contribution is 2.06. The highest BCUT2D eigenvalue weighted by molar-refractivity contribution is 5.72. The molecule has 6 heteroatoms. The maximum Gasteiger partial charge on any atom is 0.320 e. The van der Waals surface area contributed by atoms with Crippen molar-refractivity contribution < 1.29 is 14.1 Å². The number of esters is 1. The van der Waals surface area contributed by atoms with Crippen LogP contribution in [0, 0.1) is 0 Å². The van der Waals surface area contributed by atoms with Gasteiger partial charge >= 0.3 is 5.97 Å². The van der Waals surface area contributed by atoms with E-state index in [0.29, 0.717) is 18.9 Å². The van der Waals surface area contributed by atoms with Gasteiger partial charge in [0.15, 0.2) is 6.33 Å². The van der Waals surface area contributed by atoms with Crippen molar-refractivity contribution in [3.63, 3.8) is 0 Å². The van der Waals surface area contributed by atoms with Crippen LogP contribution in [0.1, 0.15) is 26.7 Å². The van der Waals surface area contributed by atoms with Crippen molar-refractivity contribution in [2.45, 2.75) is 32.8 Å². The van der Waals surface area contributed by atoms with Gasteiger partial charge in [0.25, 0.3) is 0 Å². The summed E-state index contributed by atoms with van der Waals surface area (Å²) in [7, 11) is 0. The first kappa shape index (κ1) is 12.6. The highest BCUT2D eigenvalue weighted by Gasteiger charge is 2.15. The summed E-state index contributed by atoms with van der Waals surface area (Å²) in [4.78, 5) is 15.1. The SMILES string of the molecule is CC(C)(C)OC(=O)CNCCc1ncno1. The molecule has 0 aliphatic rings. The summed E-state index contributed by atoms with van der Waals surface area (Å²) >= 11 is 0. The van der Waals surface area contributed by atoms with Crippen LogP contribution in [0.2, 0.25) is 0 Å². The maximum absolute atomic E-state index is 11.3. The smallest absolute Gasteiger partial charge is 0.320 e. The molecule has 0 amide bonds. The lowest BCUT2D eigenvalue weighted by Crippen LogP contribution is -2.32. The zero-order chi connectivity index (χ0) is 12.0. The van der Waals surface area contributed by atoms with Gasteiger partial charge in [-0.2, -0.15) is 4.98 Å². The first-order valence-electron chi connectivity index (χ1n) is 5.15. The van der Waals surface area contributed by atoms with Crippen LogP contribution in [-0.4, -0.2) is 34.8 Å². The van der Waals surface area contributed by atoms with E-state index in [4.69, 9.17) is 9.26 Å². The first-order valence-corrected chi connectivity index (χ1v) is 5.15. The zero-order valence-corrected chi connectivity index (χ0v) is 9.82. The summed E-state index contributed by atoms with van der Waals surface area (Å²) in [6, 6.07) is 0. The molecule has 1 aromatic rings. The van der Waals surface area contributed by atoms with Crippen LogP contribution in [0.4, 0.5) is 0 Å². The largest absolute Gasteiger partial charge is 0.459 e. The number of carbonyl (C=O) groups is 1. The average molecular weight is 227 g/mol. The Labute approximate surface area is 94.4 Å². The van der Waals surface area contributed by atoms with Gasteiger partial charge in [-0.15, -0.1) is 0 Å². The molecule has 0 aromatic carbocycles. The summed E-state index contributed by atoms with van der Waals surface area (Å²) in [6.45, 7) is 6.29. The van der Waals surface area contributed by atoms with Crippen LogP contribution < -0.4 is 5.32 Å². The number of carbonyl (C=O) groups excluding carboxylic acids is 1. The van der Waals surface area contributed by atoms with E-state index in [0.717, 1.165) is 0 Å². The number of hydrogen-bond donors (Lipinski definition) is 1. The van der Waals surface area contributed by atoms with Crippen LogP contribution in [0.5, 0.6) is 0 Å². The second-order valence-corrected chi connectivity index (χ2v) is 4.35. The molecule has 0 radical (unpaired) electrons. The van der Waals surface area contributed by atoms with Crippen LogP contribution in [-0.2, 0) is 16.0 Å². The Morgan fingerprint density at radius 1 is 1.56 bits per heavy atom. The van der Waals surface area contributed by atoms with Crippen molar-refractivity contribution in [1.82, 2.24) is 15.5 Å². The molecule has 1 heterocycles. The van der Waals surface area contributed by atoms with Gasteiger partial charge in [-0.25, -0.2) is 0 Å². The average Bonchev–Trinajstić information content (AvgIpc) is 2.62. The molecule has 0 fully saturated rings. The van der Waals surface area contributed by atoms with Crippen molar-refractivity contribution in [2.75, 3.05) is 13.1 Å². The van der Waals surface area contributed by atoms with Crippen molar-refractivity contribution in [3.05, 3.63) is 12.2 Å². The van der Waals surface area contributed by atoms with Gasteiger partial charge in [0.05, 0.1) is 6.54 Å². The Bertz CT molecular complexity index is 317. The predicted octanol–water partition coefficient (Wildman–Crippen LogP) is 0.543. The molecule has 1 N–H and O–H groups in total.